The summed E-state index contributed by atoms with van der Waals surface area (Å²) >= 11 is 1.21. The topological polar surface area (TPSA) is 88.4 Å². The Morgan fingerprint density at radius 1 is 1.17 bits per heavy atom. The molecule has 0 saturated carbocycles. The first-order valence-electron chi connectivity index (χ1n) is 9.42. The molecule has 2 aromatic rings. The SMILES string of the molecule is CCOC(=O)c1ccc(N=C2S/C(=C/c3cccc(OCC)c3O)C(=O)N2C)cc1. The van der Waals surface area contributed by atoms with Crippen molar-refractivity contribution in [2.75, 3.05) is 20.3 Å². The normalized spacial score (nSPS) is 16.4. The zero-order valence-electron chi connectivity index (χ0n) is 16.9. The number of benzene rings is 2. The van der Waals surface area contributed by atoms with Gasteiger partial charge in [0.15, 0.2) is 16.7 Å². The summed E-state index contributed by atoms with van der Waals surface area (Å²) in [6, 6.07) is 11.8. The van der Waals surface area contributed by atoms with Crippen LogP contribution in [0.3, 0.4) is 0 Å². The molecule has 1 aliphatic rings. The molecule has 0 radical (unpaired) electrons. The molecule has 7 nitrogen and oxygen atoms in total. The first kappa shape index (κ1) is 21.4. The van der Waals surface area contributed by atoms with Gasteiger partial charge in [0.1, 0.15) is 0 Å². The molecule has 156 valence electrons. The number of amidine groups is 1. The van der Waals surface area contributed by atoms with E-state index in [0.29, 0.717) is 45.9 Å². The number of esters is 1. The van der Waals surface area contributed by atoms with Crippen LogP contribution in [0.1, 0.15) is 29.8 Å². The summed E-state index contributed by atoms with van der Waals surface area (Å²) in [4.78, 5) is 30.8. The van der Waals surface area contributed by atoms with Crippen molar-refractivity contribution in [3.05, 3.63) is 58.5 Å². The standard InChI is InChI=1S/C22H22N2O5S/c1-4-28-17-8-6-7-15(19(17)25)13-18-20(26)24(3)22(30-18)23-16-11-9-14(10-12-16)21(27)29-5-2/h6-13,25H,4-5H2,1-3H3/b18-13+,23-22?. The second-order valence-electron chi connectivity index (χ2n) is 6.26. The fourth-order valence-corrected chi connectivity index (χ4v) is 3.70. The fourth-order valence-electron chi connectivity index (χ4n) is 2.72. The summed E-state index contributed by atoms with van der Waals surface area (Å²) in [6.07, 6.45) is 1.62. The number of ether oxygens (including phenoxy) is 2. The van der Waals surface area contributed by atoms with E-state index < -0.39 is 5.97 Å². The average molecular weight is 426 g/mol. The quantitative estimate of drug-likeness (QED) is 0.550. The number of amides is 1. The van der Waals surface area contributed by atoms with Crippen LogP contribution < -0.4 is 4.74 Å². The number of hydrogen-bond acceptors (Lipinski definition) is 7. The lowest BCUT2D eigenvalue weighted by molar-refractivity contribution is -0.121. The van der Waals surface area contributed by atoms with Gasteiger partial charge >= 0.3 is 5.97 Å². The Labute approximate surface area is 179 Å². The van der Waals surface area contributed by atoms with Crippen molar-refractivity contribution in [3.63, 3.8) is 0 Å². The van der Waals surface area contributed by atoms with Crippen LogP contribution >= 0.6 is 11.8 Å². The number of rotatable bonds is 6. The largest absolute Gasteiger partial charge is 0.504 e. The van der Waals surface area contributed by atoms with Crippen LogP contribution in [0.15, 0.2) is 52.4 Å². The minimum atomic E-state index is -0.390. The van der Waals surface area contributed by atoms with E-state index in [-0.39, 0.29) is 11.7 Å². The van der Waals surface area contributed by atoms with Gasteiger partial charge in [0, 0.05) is 12.6 Å². The monoisotopic (exact) mass is 426 g/mol. The molecule has 0 atom stereocenters. The molecule has 0 spiro atoms. The summed E-state index contributed by atoms with van der Waals surface area (Å²) in [7, 11) is 1.64. The van der Waals surface area contributed by atoms with Crippen LogP contribution in [-0.4, -0.2) is 47.3 Å². The Bertz CT molecular complexity index is 1010. The van der Waals surface area contributed by atoms with E-state index in [2.05, 4.69) is 4.99 Å². The van der Waals surface area contributed by atoms with E-state index >= 15 is 0 Å². The number of aliphatic imine (C=N–C) groups is 1. The number of hydrogen-bond donors (Lipinski definition) is 1. The van der Waals surface area contributed by atoms with Gasteiger partial charge in [-0.2, -0.15) is 0 Å². The van der Waals surface area contributed by atoms with Crippen LogP contribution in [-0.2, 0) is 9.53 Å². The van der Waals surface area contributed by atoms with Gasteiger partial charge in [0.2, 0.25) is 0 Å². The number of para-hydroxylation sites is 1. The van der Waals surface area contributed by atoms with E-state index in [1.165, 1.54) is 16.7 Å². The fraction of sp³-hybridized carbons (Fsp3) is 0.227. The second-order valence-corrected chi connectivity index (χ2v) is 7.27. The van der Waals surface area contributed by atoms with E-state index in [9.17, 15) is 14.7 Å². The van der Waals surface area contributed by atoms with Crippen LogP contribution in [0.5, 0.6) is 11.5 Å². The molecule has 30 heavy (non-hydrogen) atoms. The number of nitrogens with zero attached hydrogens (tertiary/aromatic N) is 2. The van der Waals surface area contributed by atoms with E-state index in [1.54, 1.807) is 62.5 Å². The first-order valence-corrected chi connectivity index (χ1v) is 10.2. The summed E-state index contributed by atoms with van der Waals surface area (Å²) in [5.41, 5.74) is 1.53. The molecule has 8 heteroatoms. The molecule has 1 saturated heterocycles. The smallest absolute Gasteiger partial charge is 0.338 e. The zero-order chi connectivity index (χ0) is 21.7. The lowest BCUT2D eigenvalue weighted by Gasteiger charge is -2.08. The number of phenols is 1. The third kappa shape index (κ3) is 4.65. The number of thioether (sulfide) groups is 1. The summed E-state index contributed by atoms with van der Waals surface area (Å²) in [5.74, 6) is -0.254. The molecule has 0 aromatic heterocycles. The minimum Gasteiger partial charge on any atom is -0.504 e. The molecule has 1 N–H and O–H groups in total. The second kappa shape index (κ2) is 9.49. The molecule has 1 fully saturated rings. The third-order valence-electron chi connectivity index (χ3n) is 4.22. The number of carbonyl (C=O) groups excluding carboxylic acids is 2. The Kier molecular flexibility index (Phi) is 6.79. The molecule has 2 aromatic carbocycles. The van der Waals surface area contributed by atoms with E-state index in [0.717, 1.165) is 0 Å². The van der Waals surface area contributed by atoms with Crippen LogP contribution in [0, 0.1) is 0 Å². The predicted octanol–water partition coefficient (Wildman–Crippen LogP) is 4.20. The molecule has 0 unspecified atom stereocenters. The van der Waals surface area contributed by atoms with Crippen molar-refractivity contribution in [2.24, 2.45) is 4.99 Å². The number of aromatic hydroxyl groups is 1. The highest BCUT2D eigenvalue weighted by molar-refractivity contribution is 8.18. The maximum atomic E-state index is 12.6. The van der Waals surface area contributed by atoms with Gasteiger partial charge in [0.25, 0.3) is 5.91 Å². The Morgan fingerprint density at radius 3 is 2.57 bits per heavy atom. The molecule has 0 aliphatic carbocycles. The van der Waals surface area contributed by atoms with E-state index in [4.69, 9.17) is 9.47 Å². The molecule has 0 bridgehead atoms. The number of phenolic OH excluding ortho intramolecular Hbond substituents is 1. The highest BCUT2D eigenvalue weighted by Crippen LogP contribution is 2.37. The van der Waals surface area contributed by atoms with Crippen molar-refractivity contribution >= 4 is 40.6 Å². The molecule has 1 aliphatic heterocycles. The van der Waals surface area contributed by atoms with Gasteiger partial charge in [0.05, 0.1) is 29.4 Å². The summed E-state index contributed by atoms with van der Waals surface area (Å²) < 4.78 is 10.4. The predicted molar refractivity (Wildman–Crippen MR) is 117 cm³/mol. The van der Waals surface area contributed by atoms with Crippen molar-refractivity contribution < 1.29 is 24.2 Å². The van der Waals surface area contributed by atoms with Crippen molar-refractivity contribution in [1.29, 1.82) is 0 Å². The summed E-state index contributed by atoms with van der Waals surface area (Å²) in [6.45, 7) is 4.32. The highest BCUT2D eigenvalue weighted by Gasteiger charge is 2.30. The maximum absolute atomic E-state index is 12.6. The van der Waals surface area contributed by atoms with Crippen molar-refractivity contribution in [1.82, 2.24) is 4.90 Å². The van der Waals surface area contributed by atoms with Gasteiger partial charge in [-0.1, -0.05) is 12.1 Å². The molecule has 1 heterocycles. The van der Waals surface area contributed by atoms with Crippen LogP contribution in [0.2, 0.25) is 0 Å². The van der Waals surface area contributed by atoms with E-state index in [1.807, 2.05) is 6.92 Å². The average Bonchev–Trinajstić information content (AvgIpc) is 2.99. The third-order valence-corrected chi connectivity index (χ3v) is 5.28. The van der Waals surface area contributed by atoms with Gasteiger partial charge < -0.3 is 14.6 Å². The van der Waals surface area contributed by atoms with Gasteiger partial charge in [-0.25, -0.2) is 9.79 Å². The first-order chi connectivity index (χ1) is 14.4. The lowest BCUT2D eigenvalue weighted by Crippen LogP contribution is -2.23. The number of likely N-dealkylation sites (N-methyl/N-ethyl adjacent to an activating group) is 1. The van der Waals surface area contributed by atoms with Gasteiger partial charge in [-0.15, -0.1) is 0 Å². The lowest BCUT2D eigenvalue weighted by atomic mass is 10.1. The molecule has 3 rings (SSSR count). The van der Waals surface area contributed by atoms with Crippen LogP contribution in [0.25, 0.3) is 6.08 Å². The molecule has 1 amide bonds. The number of carbonyl (C=O) groups is 2. The van der Waals surface area contributed by atoms with Gasteiger partial charge in [-0.3, -0.25) is 9.69 Å². The Balaban J connectivity index is 1.83. The maximum Gasteiger partial charge on any atom is 0.338 e. The van der Waals surface area contributed by atoms with Gasteiger partial charge in [-0.05, 0) is 62.0 Å². The highest BCUT2D eigenvalue weighted by atomic mass is 32.2. The molecular weight excluding hydrogens is 404 g/mol. The minimum absolute atomic E-state index is 0.0113. The van der Waals surface area contributed by atoms with Crippen LogP contribution in [0.4, 0.5) is 5.69 Å². The van der Waals surface area contributed by atoms with Crippen molar-refractivity contribution in [2.45, 2.75) is 13.8 Å². The zero-order valence-corrected chi connectivity index (χ0v) is 17.7. The Hall–Kier alpha value is -3.26. The van der Waals surface area contributed by atoms with Crippen molar-refractivity contribution in [3.8, 4) is 11.5 Å². The molecular formula is C22H22N2O5S. The summed E-state index contributed by atoms with van der Waals surface area (Å²) in [5, 5.41) is 10.9. The Morgan fingerprint density at radius 2 is 1.90 bits per heavy atom.